The van der Waals surface area contributed by atoms with Crippen LogP contribution >= 0.6 is 0 Å². The van der Waals surface area contributed by atoms with Crippen LogP contribution in [0.5, 0.6) is 0 Å². The van der Waals surface area contributed by atoms with Crippen LogP contribution in [0.4, 0.5) is 5.82 Å². The normalized spacial score (nSPS) is 10.2. The van der Waals surface area contributed by atoms with Crippen molar-refractivity contribution in [3.63, 3.8) is 0 Å². The smallest absolute Gasteiger partial charge is 0.293 e. The summed E-state index contributed by atoms with van der Waals surface area (Å²) in [7, 11) is 1.70. The number of hydrogen-bond donors (Lipinski definition) is 1. The fraction of sp³-hybridized carbons (Fsp3) is 0.250. The van der Waals surface area contributed by atoms with Gasteiger partial charge in [-0.2, -0.15) is 0 Å². The minimum Gasteiger partial charge on any atom is -0.365 e. The molecule has 0 fully saturated rings. The number of pyridine rings is 1. The lowest BCUT2D eigenvalue weighted by molar-refractivity contribution is 0.837. The highest BCUT2D eigenvalue weighted by Crippen LogP contribution is 1.98. The molecule has 0 unspecified atom stereocenters. The van der Waals surface area contributed by atoms with E-state index in [1.807, 2.05) is 18.3 Å². The summed E-state index contributed by atoms with van der Waals surface area (Å²) in [5.41, 5.74) is 1.02. The van der Waals surface area contributed by atoms with Gasteiger partial charge in [0.2, 0.25) is 0 Å². The molecule has 1 N–H and O–H groups in total. The maximum absolute atomic E-state index is 11.6. The highest BCUT2D eigenvalue weighted by Gasteiger charge is 2.01. The number of rotatable bonds is 4. The highest BCUT2D eigenvalue weighted by molar-refractivity contribution is 5.30. The number of aromatic nitrogens is 3. The molecule has 0 spiro atoms. The Morgan fingerprint density at radius 1 is 1.41 bits per heavy atom. The summed E-state index contributed by atoms with van der Waals surface area (Å²) in [5, 5.41) is 3.03. The fourth-order valence-electron chi connectivity index (χ4n) is 1.49. The summed E-state index contributed by atoms with van der Waals surface area (Å²) in [5.74, 6) is 0.388. The third-order valence-electron chi connectivity index (χ3n) is 2.45. The summed E-state index contributed by atoms with van der Waals surface area (Å²) >= 11 is 0. The van der Waals surface area contributed by atoms with E-state index in [4.69, 9.17) is 0 Å². The molecule has 17 heavy (non-hydrogen) atoms. The third-order valence-corrected chi connectivity index (χ3v) is 2.45. The van der Waals surface area contributed by atoms with E-state index >= 15 is 0 Å². The van der Waals surface area contributed by atoms with Crippen LogP contribution in [0.1, 0.15) is 5.56 Å². The SMILES string of the molecule is Cn1ccnc(NCCc2cccnc2)c1=O. The first-order valence-corrected chi connectivity index (χ1v) is 5.42. The minimum absolute atomic E-state index is 0.112. The van der Waals surface area contributed by atoms with Gasteiger partial charge < -0.3 is 9.88 Å². The largest absolute Gasteiger partial charge is 0.365 e. The average Bonchev–Trinajstić information content (AvgIpc) is 2.36. The molecule has 0 amide bonds. The maximum atomic E-state index is 11.6. The summed E-state index contributed by atoms with van der Waals surface area (Å²) < 4.78 is 1.50. The van der Waals surface area contributed by atoms with Crippen LogP contribution in [0, 0.1) is 0 Å². The fourth-order valence-corrected chi connectivity index (χ4v) is 1.49. The monoisotopic (exact) mass is 230 g/mol. The molecule has 0 saturated carbocycles. The van der Waals surface area contributed by atoms with Gasteiger partial charge in [0.15, 0.2) is 5.82 Å². The van der Waals surface area contributed by atoms with Crippen LogP contribution in [-0.4, -0.2) is 21.1 Å². The molecule has 0 aliphatic rings. The first-order valence-electron chi connectivity index (χ1n) is 5.42. The molecule has 2 heterocycles. The van der Waals surface area contributed by atoms with Crippen molar-refractivity contribution < 1.29 is 0 Å². The van der Waals surface area contributed by atoms with Gasteiger partial charge in [0.05, 0.1) is 0 Å². The first-order chi connectivity index (χ1) is 8.27. The molecule has 0 bridgehead atoms. The van der Waals surface area contributed by atoms with Crippen LogP contribution in [0.25, 0.3) is 0 Å². The van der Waals surface area contributed by atoms with Crippen LogP contribution in [0.2, 0.25) is 0 Å². The molecule has 0 saturated heterocycles. The van der Waals surface area contributed by atoms with Gasteiger partial charge in [-0.05, 0) is 18.1 Å². The second-order valence-electron chi connectivity index (χ2n) is 3.73. The Bertz CT molecular complexity index is 536. The quantitative estimate of drug-likeness (QED) is 0.845. The van der Waals surface area contributed by atoms with E-state index in [0.29, 0.717) is 12.4 Å². The van der Waals surface area contributed by atoms with E-state index in [9.17, 15) is 4.79 Å². The predicted octanol–water partition coefficient (Wildman–Crippen LogP) is 0.830. The number of hydrogen-bond acceptors (Lipinski definition) is 4. The van der Waals surface area contributed by atoms with Gasteiger partial charge in [-0.3, -0.25) is 9.78 Å². The topological polar surface area (TPSA) is 59.8 Å². The van der Waals surface area contributed by atoms with Gasteiger partial charge in [-0.15, -0.1) is 0 Å². The Labute approximate surface area is 99.2 Å². The van der Waals surface area contributed by atoms with E-state index in [1.165, 1.54) is 4.57 Å². The molecule has 2 aromatic heterocycles. The number of anilines is 1. The number of aryl methyl sites for hydroxylation is 1. The molecule has 88 valence electrons. The standard InChI is InChI=1S/C12H14N4O/c1-16-8-7-15-11(12(16)17)14-6-4-10-3-2-5-13-9-10/h2-3,5,7-9H,4,6H2,1H3,(H,14,15). The second kappa shape index (κ2) is 5.25. The Kier molecular flexibility index (Phi) is 3.49. The molecule has 0 aromatic carbocycles. The van der Waals surface area contributed by atoms with Gasteiger partial charge in [-0.1, -0.05) is 6.07 Å². The molecular formula is C12H14N4O. The van der Waals surface area contributed by atoms with Crippen molar-refractivity contribution in [1.29, 1.82) is 0 Å². The first kappa shape index (κ1) is 11.3. The van der Waals surface area contributed by atoms with Crippen molar-refractivity contribution >= 4 is 5.82 Å². The molecule has 0 aliphatic carbocycles. The van der Waals surface area contributed by atoms with E-state index in [1.54, 1.807) is 25.6 Å². The van der Waals surface area contributed by atoms with E-state index < -0.39 is 0 Å². The second-order valence-corrected chi connectivity index (χ2v) is 3.73. The van der Waals surface area contributed by atoms with Crippen LogP contribution in [0.3, 0.4) is 0 Å². The lowest BCUT2D eigenvalue weighted by Gasteiger charge is -2.05. The minimum atomic E-state index is -0.112. The Hall–Kier alpha value is -2.17. The summed E-state index contributed by atoms with van der Waals surface area (Å²) in [6.07, 6.45) is 7.61. The summed E-state index contributed by atoms with van der Waals surface area (Å²) in [6, 6.07) is 3.90. The van der Waals surface area contributed by atoms with E-state index in [0.717, 1.165) is 12.0 Å². The molecule has 5 nitrogen and oxygen atoms in total. The van der Waals surface area contributed by atoms with Crippen molar-refractivity contribution in [2.24, 2.45) is 7.05 Å². The predicted molar refractivity (Wildman–Crippen MR) is 65.9 cm³/mol. The van der Waals surface area contributed by atoms with Crippen molar-refractivity contribution in [1.82, 2.24) is 14.5 Å². The zero-order chi connectivity index (χ0) is 12.1. The van der Waals surface area contributed by atoms with Gasteiger partial charge >= 0.3 is 0 Å². The summed E-state index contributed by atoms with van der Waals surface area (Å²) in [4.78, 5) is 19.7. The van der Waals surface area contributed by atoms with Crippen molar-refractivity contribution in [2.45, 2.75) is 6.42 Å². The molecule has 2 rings (SSSR count). The van der Waals surface area contributed by atoms with Crippen molar-refractivity contribution in [2.75, 3.05) is 11.9 Å². The molecular weight excluding hydrogens is 216 g/mol. The van der Waals surface area contributed by atoms with Crippen LogP contribution < -0.4 is 10.9 Å². The molecule has 0 aliphatic heterocycles. The lowest BCUT2D eigenvalue weighted by atomic mass is 10.2. The Morgan fingerprint density at radius 3 is 3.06 bits per heavy atom. The van der Waals surface area contributed by atoms with Crippen LogP contribution in [0.15, 0.2) is 41.7 Å². The average molecular weight is 230 g/mol. The number of nitrogens with one attached hydrogen (secondary N) is 1. The van der Waals surface area contributed by atoms with Gasteiger partial charge in [-0.25, -0.2) is 4.98 Å². The van der Waals surface area contributed by atoms with E-state index in [-0.39, 0.29) is 5.56 Å². The molecule has 0 radical (unpaired) electrons. The zero-order valence-corrected chi connectivity index (χ0v) is 9.63. The summed E-state index contributed by atoms with van der Waals surface area (Å²) in [6.45, 7) is 0.665. The van der Waals surface area contributed by atoms with Crippen LogP contribution in [-0.2, 0) is 13.5 Å². The highest BCUT2D eigenvalue weighted by atomic mass is 16.1. The Balaban J connectivity index is 1.95. The lowest BCUT2D eigenvalue weighted by Crippen LogP contribution is -2.22. The third kappa shape index (κ3) is 2.90. The zero-order valence-electron chi connectivity index (χ0n) is 9.63. The van der Waals surface area contributed by atoms with Gasteiger partial charge in [0.1, 0.15) is 0 Å². The van der Waals surface area contributed by atoms with E-state index in [2.05, 4.69) is 15.3 Å². The van der Waals surface area contributed by atoms with Gasteiger partial charge in [0.25, 0.3) is 5.56 Å². The maximum Gasteiger partial charge on any atom is 0.293 e. The Morgan fingerprint density at radius 2 is 2.29 bits per heavy atom. The molecule has 2 aromatic rings. The molecule has 5 heteroatoms. The van der Waals surface area contributed by atoms with Gasteiger partial charge in [0, 0.05) is 38.4 Å². The number of nitrogens with zero attached hydrogens (tertiary/aromatic N) is 3. The molecule has 0 atom stereocenters. The van der Waals surface area contributed by atoms with Crippen molar-refractivity contribution in [3.8, 4) is 0 Å². The van der Waals surface area contributed by atoms with Crippen molar-refractivity contribution in [3.05, 3.63) is 52.8 Å².